The standard InChI is InChI=1S/C68H122N12O13/c1-26-30-33-45(15)58(82)57-62(86)71-49(27-2)64(88)73(19)39-53(81)77(23)56(48(18)93-35-32-31-34-80(28-3)29-4)61(85)72-54(43(11)12)67(91)74(20)50(36-40(5)6)60(84)69-46(16)59(83)70-47(17)63(87)75(21)51(37-41(7)8)65(89)76(22)52(38-42(9)10)66(90)78(24)55(44(13)14)68(92)79(57)25/h26,30-32,40-52,54-58,82H,27-29,33-39H2,1-25H3,(H,69,84)(H,70,83)(H,71,86)(H,72,85)/t45-,46+,47-,48-,49+,50+,51+,52+,54+,55+,56+,57+,58-/m1/s1. The molecule has 0 saturated carbocycles. The molecule has 13 atom stereocenters. The predicted octanol–water partition coefficient (Wildman–Crippen LogP) is 3.53. The molecule has 25 heteroatoms. The Morgan fingerprint density at radius 1 is 0.505 bits per heavy atom. The summed E-state index contributed by atoms with van der Waals surface area (Å²) in [4.78, 5) is 173. The number of nitrogens with one attached hydrogen (secondary N) is 4. The third-order valence-corrected chi connectivity index (χ3v) is 17.6. The second-order valence-corrected chi connectivity index (χ2v) is 27.4. The Morgan fingerprint density at radius 3 is 1.46 bits per heavy atom. The van der Waals surface area contributed by atoms with Crippen molar-refractivity contribution >= 4 is 65.0 Å². The van der Waals surface area contributed by atoms with Gasteiger partial charge in [-0.15, -0.1) is 0 Å². The highest BCUT2D eigenvalue weighted by molar-refractivity contribution is 5.99. The average Bonchev–Trinajstić information content (AvgIpc) is 0.835. The fraction of sp³-hybridized carbons (Fsp3) is 0.779. The van der Waals surface area contributed by atoms with E-state index >= 15 is 14.4 Å². The molecule has 0 aromatic carbocycles. The lowest BCUT2D eigenvalue weighted by molar-refractivity contribution is -0.157. The van der Waals surface area contributed by atoms with Gasteiger partial charge in [-0.05, 0) is 108 Å². The Labute approximate surface area is 557 Å². The number of carbonyl (C=O) groups excluding carboxylic acids is 11. The van der Waals surface area contributed by atoms with Crippen LogP contribution in [-0.4, -0.2) is 264 Å². The number of aliphatic hydroxyl groups is 1. The van der Waals surface area contributed by atoms with E-state index in [1.807, 2.05) is 61.5 Å². The zero-order valence-electron chi connectivity index (χ0n) is 61.2. The Morgan fingerprint density at radius 2 is 0.978 bits per heavy atom. The molecule has 1 rings (SSSR count). The van der Waals surface area contributed by atoms with E-state index in [0.29, 0.717) is 13.0 Å². The highest BCUT2D eigenvalue weighted by Gasteiger charge is 2.46. The molecule has 11 amide bonds. The van der Waals surface area contributed by atoms with Crippen molar-refractivity contribution in [2.45, 2.75) is 229 Å². The van der Waals surface area contributed by atoms with Gasteiger partial charge in [0.2, 0.25) is 65.0 Å². The molecule has 0 spiro atoms. The number of rotatable bonds is 21. The predicted molar refractivity (Wildman–Crippen MR) is 361 cm³/mol. The molecular formula is C68H122N12O13. The van der Waals surface area contributed by atoms with Gasteiger partial charge >= 0.3 is 0 Å². The average molecular weight is 1320 g/mol. The molecule has 0 aromatic rings. The molecule has 532 valence electrons. The second kappa shape index (κ2) is 40.0. The lowest BCUT2D eigenvalue weighted by Gasteiger charge is -2.41. The van der Waals surface area contributed by atoms with Crippen molar-refractivity contribution in [2.24, 2.45) is 35.5 Å². The summed E-state index contributed by atoms with van der Waals surface area (Å²) >= 11 is 0. The van der Waals surface area contributed by atoms with Crippen LogP contribution in [-0.2, 0) is 57.5 Å². The number of ether oxygens (including phenoxy) is 1. The quantitative estimate of drug-likeness (QED) is 0.103. The van der Waals surface area contributed by atoms with Gasteiger partial charge < -0.3 is 70.3 Å². The summed E-state index contributed by atoms with van der Waals surface area (Å²) in [5, 5.41) is 23.2. The summed E-state index contributed by atoms with van der Waals surface area (Å²) in [5.74, 6) is -10.1. The smallest absolute Gasteiger partial charge is 0.246 e. The van der Waals surface area contributed by atoms with Crippen LogP contribution in [0.4, 0.5) is 0 Å². The number of hydrogen-bond acceptors (Lipinski definition) is 14. The van der Waals surface area contributed by atoms with E-state index in [1.54, 1.807) is 73.6 Å². The first-order valence-corrected chi connectivity index (χ1v) is 33.5. The summed E-state index contributed by atoms with van der Waals surface area (Å²) in [7, 11) is 9.83. The molecule has 1 aliphatic heterocycles. The molecule has 1 heterocycles. The van der Waals surface area contributed by atoms with Gasteiger partial charge in [0, 0.05) is 55.9 Å². The first-order chi connectivity index (χ1) is 43.2. The van der Waals surface area contributed by atoms with E-state index < -0.39 is 162 Å². The largest absolute Gasteiger partial charge is 0.390 e. The number of hydrogen-bond donors (Lipinski definition) is 5. The fourth-order valence-electron chi connectivity index (χ4n) is 11.5. The van der Waals surface area contributed by atoms with Crippen molar-refractivity contribution in [3.8, 4) is 0 Å². The normalized spacial score (nSPS) is 26.1. The number of allylic oxidation sites excluding steroid dienone is 2. The Bertz CT molecular complexity index is 2540. The molecule has 0 aliphatic carbocycles. The summed E-state index contributed by atoms with van der Waals surface area (Å²) in [6.07, 6.45) is 5.48. The monoisotopic (exact) mass is 1310 g/mol. The summed E-state index contributed by atoms with van der Waals surface area (Å²) < 4.78 is 6.22. The molecule has 1 aliphatic rings. The highest BCUT2D eigenvalue weighted by atomic mass is 16.5. The minimum atomic E-state index is -1.64. The van der Waals surface area contributed by atoms with Gasteiger partial charge in [0.05, 0.1) is 25.4 Å². The number of carbonyl (C=O) groups is 11. The van der Waals surface area contributed by atoms with Crippen molar-refractivity contribution in [1.82, 2.24) is 60.5 Å². The minimum Gasteiger partial charge on any atom is -0.390 e. The third-order valence-electron chi connectivity index (χ3n) is 17.6. The Kier molecular flexibility index (Phi) is 36.4. The van der Waals surface area contributed by atoms with E-state index in [1.165, 1.54) is 82.8 Å². The molecule has 0 radical (unpaired) electrons. The SMILES string of the molecule is CC=CC[C@@H](C)[C@@H](O)[C@H]1C(=O)N[C@@H](CC)C(=O)N(C)CC(=O)N(C)[C@@H]([C@@H](C)OCC=CCN(CC)CC)C(=O)N[C@@H](C(C)C)C(=O)N(C)[C@@H](CC(C)C)C(=O)N[C@@H](C)C(=O)N[C@H](C)C(=O)N(C)[C@@H](CC(C)C)C(=O)N(C)[C@@H](CC(C)C)C(=O)N(C)[C@@H](C(C)C)C(=O)N1C. The van der Waals surface area contributed by atoms with E-state index in [2.05, 4.69) is 26.2 Å². The lowest BCUT2D eigenvalue weighted by atomic mass is 9.91. The van der Waals surface area contributed by atoms with Crippen LogP contribution in [0.3, 0.4) is 0 Å². The topological polar surface area (TPSA) is 291 Å². The maximum atomic E-state index is 15.2. The van der Waals surface area contributed by atoms with Gasteiger partial charge in [-0.1, -0.05) is 121 Å². The summed E-state index contributed by atoms with van der Waals surface area (Å²) in [6.45, 7) is 33.5. The van der Waals surface area contributed by atoms with Crippen LogP contribution >= 0.6 is 0 Å². The molecule has 93 heavy (non-hydrogen) atoms. The first kappa shape index (κ1) is 84.5. The van der Waals surface area contributed by atoms with Crippen LogP contribution in [0.15, 0.2) is 24.3 Å². The molecule has 5 N–H and O–H groups in total. The fourth-order valence-corrected chi connectivity index (χ4v) is 11.5. The van der Waals surface area contributed by atoms with E-state index in [-0.39, 0.29) is 50.0 Å². The van der Waals surface area contributed by atoms with Crippen LogP contribution < -0.4 is 21.3 Å². The molecule has 0 bridgehead atoms. The molecule has 1 fully saturated rings. The van der Waals surface area contributed by atoms with Gasteiger partial charge in [0.1, 0.15) is 60.4 Å². The van der Waals surface area contributed by atoms with Crippen molar-refractivity contribution < 1.29 is 62.6 Å². The Hall–Kier alpha value is -6.47. The van der Waals surface area contributed by atoms with Gasteiger partial charge in [-0.2, -0.15) is 0 Å². The number of likely N-dealkylation sites (N-methyl/N-ethyl adjacent to an activating group) is 8. The van der Waals surface area contributed by atoms with Crippen LogP contribution in [0.1, 0.15) is 157 Å². The zero-order chi connectivity index (χ0) is 71.8. The second-order valence-electron chi connectivity index (χ2n) is 27.4. The highest BCUT2D eigenvalue weighted by Crippen LogP contribution is 2.26. The minimum absolute atomic E-state index is 0.00559. The molecular weight excluding hydrogens is 1190 g/mol. The number of aliphatic hydroxyl groups excluding tert-OH is 1. The summed E-state index contributed by atoms with van der Waals surface area (Å²) in [6, 6.07) is -12.9. The van der Waals surface area contributed by atoms with Gasteiger partial charge in [-0.25, -0.2) is 0 Å². The third kappa shape index (κ3) is 24.7. The maximum absolute atomic E-state index is 15.2. The van der Waals surface area contributed by atoms with Crippen molar-refractivity contribution in [3.05, 3.63) is 24.3 Å². The van der Waals surface area contributed by atoms with Crippen molar-refractivity contribution in [3.63, 3.8) is 0 Å². The zero-order valence-corrected chi connectivity index (χ0v) is 61.2. The number of nitrogens with zero attached hydrogens (tertiary/aromatic N) is 8. The van der Waals surface area contributed by atoms with Crippen molar-refractivity contribution in [1.29, 1.82) is 0 Å². The van der Waals surface area contributed by atoms with E-state index in [9.17, 15) is 43.5 Å². The molecule has 0 unspecified atom stereocenters. The van der Waals surface area contributed by atoms with Crippen molar-refractivity contribution in [2.75, 3.05) is 82.1 Å². The first-order valence-electron chi connectivity index (χ1n) is 33.5. The van der Waals surface area contributed by atoms with Crippen LogP contribution in [0.2, 0.25) is 0 Å². The number of amides is 11. The molecule has 1 saturated heterocycles. The summed E-state index contributed by atoms with van der Waals surface area (Å²) in [5.41, 5.74) is 0. The van der Waals surface area contributed by atoms with Gasteiger partial charge in [0.15, 0.2) is 0 Å². The Balaban J connectivity index is 4.40. The van der Waals surface area contributed by atoms with Crippen LogP contribution in [0, 0.1) is 35.5 Å². The lowest BCUT2D eigenvalue weighted by Crippen LogP contribution is -2.63. The maximum Gasteiger partial charge on any atom is 0.246 e. The van der Waals surface area contributed by atoms with Gasteiger partial charge in [0.25, 0.3) is 0 Å². The molecule has 0 aromatic heterocycles. The van der Waals surface area contributed by atoms with Crippen LogP contribution in [0.25, 0.3) is 0 Å². The van der Waals surface area contributed by atoms with Crippen LogP contribution in [0.5, 0.6) is 0 Å². The van der Waals surface area contributed by atoms with Gasteiger partial charge in [-0.3, -0.25) is 52.7 Å². The molecule has 25 nitrogen and oxygen atoms in total. The van der Waals surface area contributed by atoms with E-state index in [4.69, 9.17) is 4.74 Å². The van der Waals surface area contributed by atoms with E-state index in [0.717, 1.165) is 27.8 Å².